The number of rotatable bonds is 2. The standard InChI is InChI=1S/C9H16N2O4/c1-2-14-8(12)11-9(13)15-7-3-5-10-6-4-7/h7,10H,2-6H2,1H3,(H,11,12,13). The van der Waals surface area contributed by atoms with Gasteiger partial charge in [-0.05, 0) is 32.9 Å². The van der Waals surface area contributed by atoms with Crippen molar-refractivity contribution in [1.82, 2.24) is 10.6 Å². The number of alkyl carbamates (subject to hydrolysis) is 2. The first-order valence-corrected chi connectivity index (χ1v) is 5.07. The third-order valence-electron chi connectivity index (χ3n) is 2.04. The highest BCUT2D eigenvalue weighted by atomic mass is 16.6. The summed E-state index contributed by atoms with van der Waals surface area (Å²) in [7, 11) is 0. The lowest BCUT2D eigenvalue weighted by Crippen LogP contribution is -2.38. The zero-order valence-corrected chi connectivity index (χ0v) is 8.75. The minimum atomic E-state index is -0.767. The Bertz CT molecular complexity index is 226. The van der Waals surface area contributed by atoms with Crippen molar-refractivity contribution in [2.24, 2.45) is 0 Å². The summed E-state index contributed by atoms with van der Waals surface area (Å²) in [6.45, 7) is 3.55. The van der Waals surface area contributed by atoms with Crippen LogP contribution in [0.15, 0.2) is 0 Å². The molecule has 0 bridgehead atoms. The highest BCUT2D eigenvalue weighted by molar-refractivity contribution is 5.87. The third-order valence-corrected chi connectivity index (χ3v) is 2.04. The van der Waals surface area contributed by atoms with Gasteiger partial charge in [0.2, 0.25) is 0 Å². The number of carbonyl (C=O) groups is 2. The van der Waals surface area contributed by atoms with Crippen LogP contribution in [0.4, 0.5) is 9.59 Å². The van der Waals surface area contributed by atoms with E-state index in [9.17, 15) is 9.59 Å². The Morgan fingerprint density at radius 3 is 2.60 bits per heavy atom. The fourth-order valence-corrected chi connectivity index (χ4v) is 1.34. The first-order valence-electron chi connectivity index (χ1n) is 5.07. The number of hydrogen-bond acceptors (Lipinski definition) is 5. The number of amides is 2. The summed E-state index contributed by atoms with van der Waals surface area (Å²) in [5.41, 5.74) is 0. The van der Waals surface area contributed by atoms with Gasteiger partial charge >= 0.3 is 12.2 Å². The molecule has 15 heavy (non-hydrogen) atoms. The molecule has 1 saturated heterocycles. The van der Waals surface area contributed by atoms with E-state index in [2.05, 4.69) is 10.1 Å². The van der Waals surface area contributed by atoms with Gasteiger partial charge in [0, 0.05) is 0 Å². The van der Waals surface area contributed by atoms with Crippen LogP contribution in [0.1, 0.15) is 19.8 Å². The van der Waals surface area contributed by atoms with E-state index >= 15 is 0 Å². The van der Waals surface area contributed by atoms with Gasteiger partial charge in [0.25, 0.3) is 0 Å². The molecule has 0 aromatic rings. The van der Waals surface area contributed by atoms with Crippen molar-refractivity contribution in [3.63, 3.8) is 0 Å². The molecular formula is C9H16N2O4. The van der Waals surface area contributed by atoms with Gasteiger partial charge in [-0.2, -0.15) is 0 Å². The van der Waals surface area contributed by atoms with Crippen molar-refractivity contribution >= 4 is 12.2 Å². The first-order chi connectivity index (χ1) is 7.22. The molecule has 2 amide bonds. The molecule has 0 saturated carbocycles. The quantitative estimate of drug-likeness (QED) is 0.707. The molecular weight excluding hydrogens is 200 g/mol. The molecule has 1 aliphatic heterocycles. The van der Waals surface area contributed by atoms with Crippen LogP contribution in [0.3, 0.4) is 0 Å². The lowest BCUT2D eigenvalue weighted by molar-refractivity contribution is 0.0763. The Morgan fingerprint density at radius 1 is 1.33 bits per heavy atom. The molecule has 1 aliphatic rings. The molecule has 0 atom stereocenters. The number of imide groups is 1. The van der Waals surface area contributed by atoms with Gasteiger partial charge in [-0.25, -0.2) is 14.9 Å². The summed E-state index contributed by atoms with van der Waals surface area (Å²) in [5.74, 6) is 0. The second kappa shape index (κ2) is 6.23. The van der Waals surface area contributed by atoms with E-state index in [1.807, 2.05) is 5.32 Å². The smallest absolute Gasteiger partial charge is 0.416 e. The van der Waals surface area contributed by atoms with Gasteiger partial charge < -0.3 is 14.8 Å². The predicted molar refractivity (Wildman–Crippen MR) is 52.5 cm³/mol. The Balaban J connectivity index is 2.19. The van der Waals surface area contributed by atoms with Crippen LogP contribution in [0.25, 0.3) is 0 Å². The molecule has 0 aromatic heterocycles. The summed E-state index contributed by atoms with van der Waals surface area (Å²) < 4.78 is 9.56. The van der Waals surface area contributed by atoms with Crippen molar-refractivity contribution in [2.45, 2.75) is 25.9 Å². The Kier molecular flexibility index (Phi) is 4.89. The Morgan fingerprint density at radius 2 is 2.00 bits per heavy atom. The monoisotopic (exact) mass is 216 g/mol. The summed E-state index contributed by atoms with van der Waals surface area (Å²) in [4.78, 5) is 22.0. The summed E-state index contributed by atoms with van der Waals surface area (Å²) in [6.07, 6.45) is -0.0654. The highest BCUT2D eigenvalue weighted by Crippen LogP contribution is 2.06. The van der Waals surface area contributed by atoms with Crippen LogP contribution in [0, 0.1) is 0 Å². The van der Waals surface area contributed by atoms with E-state index in [-0.39, 0.29) is 12.7 Å². The van der Waals surface area contributed by atoms with Crippen LogP contribution in [-0.2, 0) is 9.47 Å². The molecule has 1 heterocycles. The largest absolute Gasteiger partial charge is 0.449 e. The third kappa shape index (κ3) is 4.64. The van der Waals surface area contributed by atoms with Gasteiger partial charge in [0.1, 0.15) is 6.10 Å². The van der Waals surface area contributed by atoms with Gasteiger partial charge in [-0.3, -0.25) is 0 Å². The molecule has 0 radical (unpaired) electrons. The topological polar surface area (TPSA) is 76.7 Å². The zero-order chi connectivity index (χ0) is 11.1. The molecule has 2 N–H and O–H groups in total. The minimum Gasteiger partial charge on any atom is -0.449 e. The van der Waals surface area contributed by atoms with Crippen LogP contribution >= 0.6 is 0 Å². The van der Waals surface area contributed by atoms with Gasteiger partial charge in [-0.1, -0.05) is 0 Å². The lowest BCUT2D eigenvalue weighted by Gasteiger charge is -2.22. The Hall–Kier alpha value is -1.30. The lowest BCUT2D eigenvalue weighted by atomic mass is 10.1. The van der Waals surface area contributed by atoms with E-state index in [1.54, 1.807) is 6.92 Å². The van der Waals surface area contributed by atoms with E-state index in [4.69, 9.17) is 4.74 Å². The molecule has 1 fully saturated rings. The summed E-state index contributed by atoms with van der Waals surface area (Å²) in [5, 5.41) is 5.13. The molecule has 0 spiro atoms. The highest BCUT2D eigenvalue weighted by Gasteiger charge is 2.18. The van der Waals surface area contributed by atoms with Gasteiger partial charge in [-0.15, -0.1) is 0 Å². The van der Waals surface area contributed by atoms with Crippen molar-refractivity contribution in [3.05, 3.63) is 0 Å². The van der Waals surface area contributed by atoms with E-state index in [0.29, 0.717) is 0 Å². The first kappa shape index (κ1) is 11.8. The minimum absolute atomic E-state index is 0.110. The average molecular weight is 216 g/mol. The maximum atomic E-state index is 11.1. The second-order valence-electron chi connectivity index (χ2n) is 3.20. The molecule has 86 valence electrons. The fourth-order valence-electron chi connectivity index (χ4n) is 1.34. The molecule has 1 rings (SSSR count). The second-order valence-corrected chi connectivity index (χ2v) is 3.20. The summed E-state index contributed by atoms with van der Waals surface area (Å²) in [6, 6.07) is 0. The molecule has 0 unspecified atom stereocenters. The van der Waals surface area contributed by atoms with E-state index in [1.165, 1.54) is 0 Å². The van der Waals surface area contributed by atoms with Crippen molar-refractivity contribution < 1.29 is 19.1 Å². The van der Waals surface area contributed by atoms with Crippen molar-refractivity contribution in [2.75, 3.05) is 19.7 Å². The molecule has 6 nitrogen and oxygen atoms in total. The molecule has 6 heteroatoms. The van der Waals surface area contributed by atoms with E-state index in [0.717, 1.165) is 25.9 Å². The number of carbonyl (C=O) groups excluding carboxylic acids is 2. The maximum Gasteiger partial charge on any atom is 0.416 e. The molecule has 0 aliphatic carbocycles. The van der Waals surface area contributed by atoms with Crippen molar-refractivity contribution in [3.8, 4) is 0 Å². The number of piperidine rings is 1. The maximum absolute atomic E-state index is 11.1. The van der Waals surface area contributed by atoms with E-state index < -0.39 is 12.2 Å². The molecule has 0 aromatic carbocycles. The fraction of sp³-hybridized carbons (Fsp3) is 0.778. The Labute approximate surface area is 88.3 Å². The van der Waals surface area contributed by atoms with Gasteiger partial charge in [0.05, 0.1) is 6.61 Å². The average Bonchev–Trinajstić information content (AvgIpc) is 2.19. The van der Waals surface area contributed by atoms with Crippen LogP contribution in [-0.4, -0.2) is 38.0 Å². The van der Waals surface area contributed by atoms with Crippen LogP contribution in [0.5, 0.6) is 0 Å². The summed E-state index contributed by atoms with van der Waals surface area (Å²) >= 11 is 0. The van der Waals surface area contributed by atoms with Crippen LogP contribution < -0.4 is 10.6 Å². The zero-order valence-electron chi connectivity index (χ0n) is 8.75. The number of hydrogen-bond donors (Lipinski definition) is 2. The SMILES string of the molecule is CCOC(=O)NC(=O)OC1CCNCC1. The van der Waals surface area contributed by atoms with Crippen LogP contribution in [0.2, 0.25) is 0 Å². The predicted octanol–water partition coefficient (Wildman–Crippen LogP) is 0.621. The number of ether oxygens (including phenoxy) is 2. The number of nitrogens with one attached hydrogen (secondary N) is 2. The van der Waals surface area contributed by atoms with Gasteiger partial charge in [0.15, 0.2) is 0 Å². The normalized spacial score (nSPS) is 16.9. The van der Waals surface area contributed by atoms with Crippen molar-refractivity contribution in [1.29, 1.82) is 0 Å².